The van der Waals surface area contributed by atoms with Gasteiger partial charge in [-0.3, -0.25) is 4.79 Å². The largest absolute Gasteiger partial charge is 0.496 e. The lowest BCUT2D eigenvalue weighted by atomic mass is 10.1. The quantitative estimate of drug-likeness (QED) is 0.734. The van der Waals surface area contributed by atoms with E-state index < -0.39 is 0 Å². The monoisotopic (exact) mass is 316 g/mol. The van der Waals surface area contributed by atoms with Crippen LogP contribution in [0, 0.1) is 0 Å². The molecule has 124 valence electrons. The summed E-state index contributed by atoms with van der Waals surface area (Å²) in [4.78, 5) is 14.8. The van der Waals surface area contributed by atoms with Crippen molar-refractivity contribution in [2.75, 3.05) is 12.4 Å². The van der Waals surface area contributed by atoms with Gasteiger partial charge in [0, 0.05) is 17.8 Å². The Morgan fingerprint density at radius 2 is 1.96 bits per heavy atom. The second kappa shape index (κ2) is 7.83. The Balaban J connectivity index is 2.26. The van der Waals surface area contributed by atoms with Gasteiger partial charge in [-0.1, -0.05) is 26.0 Å². The molecule has 0 atom stereocenters. The fourth-order valence-electron chi connectivity index (χ4n) is 2.58. The highest BCUT2D eigenvalue weighted by Gasteiger charge is 2.09. The van der Waals surface area contributed by atoms with Crippen LogP contribution in [0.1, 0.15) is 36.2 Å². The lowest BCUT2D eigenvalue weighted by Gasteiger charge is -2.13. The van der Waals surface area contributed by atoms with Crippen molar-refractivity contribution >= 4 is 5.69 Å². The summed E-state index contributed by atoms with van der Waals surface area (Å²) in [5, 5.41) is 12.5. The van der Waals surface area contributed by atoms with Gasteiger partial charge in [0.15, 0.2) is 0 Å². The minimum absolute atomic E-state index is 0.162. The number of aryl methyl sites for hydroxylation is 2. The summed E-state index contributed by atoms with van der Waals surface area (Å²) in [5.74, 6) is 0.800. The lowest BCUT2D eigenvalue weighted by molar-refractivity contribution is 0.275. The molecule has 0 saturated carbocycles. The number of aliphatic hydroxyl groups excluding tert-OH is 1. The Morgan fingerprint density at radius 3 is 2.57 bits per heavy atom. The van der Waals surface area contributed by atoms with Crippen molar-refractivity contribution in [2.24, 2.45) is 0 Å². The molecule has 2 aromatic rings. The van der Waals surface area contributed by atoms with E-state index >= 15 is 0 Å². The fourth-order valence-corrected chi connectivity index (χ4v) is 2.58. The average molecular weight is 316 g/mol. The van der Waals surface area contributed by atoms with Gasteiger partial charge in [-0.05, 0) is 36.1 Å². The van der Waals surface area contributed by atoms with E-state index in [9.17, 15) is 9.90 Å². The van der Waals surface area contributed by atoms with Crippen molar-refractivity contribution in [1.82, 2.24) is 4.98 Å². The highest BCUT2D eigenvalue weighted by molar-refractivity contribution is 5.47. The molecule has 0 unspecified atom stereocenters. The van der Waals surface area contributed by atoms with Crippen LogP contribution in [0.4, 0.5) is 5.69 Å². The number of methoxy groups -OCH3 is 1. The van der Waals surface area contributed by atoms with Crippen LogP contribution >= 0.6 is 0 Å². The molecular weight excluding hydrogens is 292 g/mol. The van der Waals surface area contributed by atoms with E-state index in [-0.39, 0.29) is 12.2 Å². The van der Waals surface area contributed by atoms with Gasteiger partial charge in [0.05, 0.1) is 13.7 Å². The first-order chi connectivity index (χ1) is 11.1. The van der Waals surface area contributed by atoms with Crippen LogP contribution in [0.25, 0.3) is 0 Å². The Kier molecular flexibility index (Phi) is 5.82. The van der Waals surface area contributed by atoms with Gasteiger partial charge in [0.25, 0.3) is 5.56 Å². The molecule has 0 aliphatic carbocycles. The first-order valence-corrected chi connectivity index (χ1v) is 7.88. The van der Waals surface area contributed by atoms with Crippen molar-refractivity contribution < 1.29 is 9.84 Å². The van der Waals surface area contributed by atoms with E-state index in [2.05, 4.69) is 23.3 Å². The topological polar surface area (TPSA) is 74.3 Å². The molecule has 5 nitrogen and oxygen atoms in total. The maximum Gasteiger partial charge on any atom is 0.271 e. The van der Waals surface area contributed by atoms with E-state index in [1.54, 1.807) is 13.2 Å². The van der Waals surface area contributed by atoms with E-state index in [1.165, 1.54) is 5.56 Å². The van der Waals surface area contributed by atoms with Crippen LogP contribution in [-0.2, 0) is 26.0 Å². The molecule has 0 spiro atoms. The number of nitrogens with one attached hydrogen (secondary N) is 2. The molecule has 0 saturated heterocycles. The van der Waals surface area contributed by atoms with Crippen LogP contribution in [0.3, 0.4) is 0 Å². The highest BCUT2D eigenvalue weighted by Crippen LogP contribution is 2.21. The molecule has 2 rings (SSSR count). The molecule has 0 fully saturated rings. The number of benzene rings is 1. The molecule has 23 heavy (non-hydrogen) atoms. The SMILES string of the molecule is CCc1ccc(OC)c(CNc2cc(CC)c(CO)[nH]c2=O)c1. The van der Waals surface area contributed by atoms with Crippen LogP contribution in [0.15, 0.2) is 29.1 Å². The van der Waals surface area contributed by atoms with Crippen molar-refractivity contribution in [3.8, 4) is 5.75 Å². The molecule has 5 heteroatoms. The van der Waals surface area contributed by atoms with Crippen molar-refractivity contribution in [3.05, 3.63) is 57.0 Å². The second-order valence-electron chi connectivity index (χ2n) is 5.38. The third-order valence-corrected chi connectivity index (χ3v) is 3.98. The molecule has 0 aliphatic heterocycles. The smallest absolute Gasteiger partial charge is 0.271 e. The molecule has 3 N–H and O–H groups in total. The van der Waals surface area contributed by atoms with Gasteiger partial charge in [-0.2, -0.15) is 0 Å². The zero-order valence-corrected chi connectivity index (χ0v) is 13.9. The number of aliphatic hydroxyl groups is 1. The molecule has 0 amide bonds. The Hall–Kier alpha value is -2.27. The summed E-state index contributed by atoms with van der Waals surface area (Å²) in [6.45, 7) is 4.43. The van der Waals surface area contributed by atoms with Crippen molar-refractivity contribution in [3.63, 3.8) is 0 Å². The maximum atomic E-state index is 12.1. The highest BCUT2D eigenvalue weighted by atomic mass is 16.5. The number of aromatic nitrogens is 1. The number of anilines is 1. The normalized spacial score (nSPS) is 10.6. The summed E-state index contributed by atoms with van der Waals surface area (Å²) in [5.41, 5.74) is 4.02. The molecule has 1 aromatic heterocycles. The summed E-state index contributed by atoms with van der Waals surface area (Å²) in [7, 11) is 1.64. The minimum Gasteiger partial charge on any atom is -0.496 e. The van der Waals surface area contributed by atoms with Crippen LogP contribution < -0.4 is 15.6 Å². The third kappa shape index (κ3) is 3.93. The Bertz CT molecular complexity index is 723. The number of hydrogen-bond donors (Lipinski definition) is 3. The number of aromatic amines is 1. The van der Waals surface area contributed by atoms with Gasteiger partial charge in [-0.15, -0.1) is 0 Å². The first kappa shape index (κ1) is 17.1. The summed E-state index contributed by atoms with van der Waals surface area (Å²) in [6, 6.07) is 7.89. The minimum atomic E-state index is -0.225. The maximum absolute atomic E-state index is 12.1. The lowest BCUT2D eigenvalue weighted by Crippen LogP contribution is -2.17. The molecule has 1 aromatic carbocycles. The zero-order chi connectivity index (χ0) is 16.8. The van der Waals surface area contributed by atoms with Crippen LogP contribution in [-0.4, -0.2) is 17.2 Å². The number of rotatable bonds is 7. The average Bonchev–Trinajstić information content (AvgIpc) is 2.59. The molecule has 0 radical (unpaired) electrons. The number of pyridine rings is 1. The number of H-pyrrole nitrogens is 1. The Labute approximate surface area is 136 Å². The summed E-state index contributed by atoms with van der Waals surface area (Å²) in [6.07, 6.45) is 1.69. The fraction of sp³-hybridized carbons (Fsp3) is 0.389. The number of ether oxygens (including phenoxy) is 1. The predicted molar refractivity (Wildman–Crippen MR) is 92.1 cm³/mol. The Morgan fingerprint density at radius 1 is 1.17 bits per heavy atom. The molecule has 0 aliphatic rings. The summed E-state index contributed by atoms with van der Waals surface area (Å²) >= 11 is 0. The molecule has 0 bridgehead atoms. The summed E-state index contributed by atoms with van der Waals surface area (Å²) < 4.78 is 5.39. The van der Waals surface area contributed by atoms with Gasteiger partial charge in [-0.25, -0.2) is 0 Å². The molecular formula is C18H24N2O3. The van der Waals surface area contributed by atoms with E-state index in [1.807, 2.05) is 19.1 Å². The third-order valence-electron chi connectivity index (χ3n) is 3.98. The first-order valence-electron chi connectivity index (χ1n) is 7.88. The standard InChI is InChI=1S/C18H24N2O3/c1-4-12-6-7-17(23-3)14(8-12)10-19-15-9-13(5-2)16(11-21)20-18(15)22/h6-9,19,21H,4-5,10-11H2,1-3H3,(H,20,22). The molecule has 1 heterocycles. The van der Waals surface area contributed by atoms with E-state index in [0.29, 0.717) is 17.9 Å². The van der Waals surface area contributed by atoms with Crippen LogP contribution in [0.2, 0.25) is 0 Å². The second-order valence-corrected chi connectivity index (χ2v) is 5.38. The van der Waals surface area contributed by atoms with E-state index in [4.69, 9.17) is 4.74 Å². The van der Waals surface area contributed by atoms with E-state index in [0.717, 1.165) is 29.7 Å². The van der Waals surface area contributed by atoms with Crippen molar-refractivity contribution in [2.45, 2.75) is 39.8 Å². The van der Waals surface area contributed by atoms with Gasteiger partial charge < -0.3 is 20.1 Å². The van der Waals surface area contributed by atoms with Gasteiger partial charge in [0.2, 0.25) is 0 Å². The van der Waals surface area contributed by atoms with Crippen LogP contribution in [0.5, 0.6) is 5.75 Å². The van der Waals surface area contributed by atoms with Gasteiger partial charge in [0.1, 0.15) is 11.4 Å². The van der Waals surface area contributed by atoms with Gasteiger partial charge >= 0.3 is 0 Å². The van der Waals surface area contributed by atoms with Crippen molar-refractivity contribution in [1.29, 1.82) is 0 Å². The number of hydrogen-bond acceptors (Lipinski definition) is 4. The zero-order valence-electron chi connectivity index (χ0n) is 13.9. The predicted octanol–water partition coefficient (Wildman–Crippen LogP) is 2.61.